The maximum Gasteiger partial charge on any atom is 0.257 e. The van der Waals surface area contributed by atoms with Crippen molar-refractivity contribution >= 4 is 22.6 Å². The molecule has 6 heteroatoms. The van der Waals surface area contributed by atoms with Gasteiger partial charge >= 0.3 is 0 Å². The molecule has 118 valence electrons. The average molecular weight is 310 g/mol. The van der Waals surface area contributed by atoms with E-state index in [1.807, 2.05) is 31.5 Å². The van der Waals surface area contributed by atoms with E-state index >= 15 is 0 Å². The predicted molar refractivity (Wildman–Crippen MR) is 88.7 cm³/mol. The summed E-state index contributed by atoms with van der Waals surface area (Å²) < 4.78 is 1.81. The van der Waals surface area contributed by atoms with Crippen LogP contribution in [-0.2, 0) is 0 Å². The number of nitrogens with zero attached hydrogens (tertiary/aromatic N) is 3. The highest BCUT2D eigenvalue weighted by Gasteiger charge is 2.13. The van der Waals surface area contributed by atoms with Gasteiger partial charge in [-0.05, 0) is 44.5 Å². The van der Waals surface area contributed by atoms with Gasteiger partial charge in [0.15, 0.2) is 5.65 Å². The number of amides is 1. The molecule has 3 aromatic rings. The zero-order chi connectivity index (χ0) is 16.6. The van der Waals surface area contributed by atoms with Crippen LogP contribution in [0.5, 0.6) is 5.75 Å². The number of carbonyl (C=O) groups is 1. The average Bonchev–Trinajstić information content (AvgIpc) is 2.93. The summed E-state index contributed by atoms with van der Waals surface area (Å²) in [6.07, 6.45) is 3.21. The van der Waals surface area contributed by atoms with Crippen molar-refractivity contribution in [1.82, 2.24) is 14.8 Å². The molecule has 1 amide bonds. The van der Waals surface area contributed by atoms with Crippen molar-refractivity contribution in [2.24, 2.45) is 0 Å². The summed E-state index contributed by atoms with van der Waals surface area (Å²) in [5.74, 6) is -0.282. The van der Waals surface area contributed by atoms with Gasteiger partial charge in [-0.1, -0.05) is 6.07 Å². The highest BCUT2D eigenvalue weighted by molar-refractivity contribution is 6.06. The Kier molecular flexibility index (Phi) is 3.73. The molecule has 0 atom stereocenters. The first-order chi connectivity index (χ1) is 11.0. The summed E-state index contributed by atoms with van der Waals surface area (Å²) in [7, 11) is 0. The number of hydrogen-bond donors (Lipinski definition) is 2. The fourth-order valence-electron chi connectivity index (χ4n) is 2.38. The Morgan fingerprint density at radius 2 is 2.04 bits per heavy atom. The molecular formula is C17H18N4O2. The van der Waals surface area contributed by atoms with Crippen molar-refractivity contribution in [1.29, 1.82) is 0 Å². The molecule has 6 nitrogen and oxygen atoms in total. The second-order valence-electron chi connectivity index (χ2n) is 5.79. The van der Waals surface area contributed by atoms with Crippen molar-refractivity contribution < 1.29 is 9.90 Å². The number of phenols is 1. The number of phenolic OH excluding ortho intramolecular Hbond substituents is 1. The lowest BCUT2D eigenvalue weighted by Crippen LogP contribution is -2.12. The summed E-state index contributed by atoms with van der Waals surface area (Å²) in [5, 5.41) is 17.7. The first-order valence-corrected chi connectivity index (χ1v) is 7.40. The first kappa shape index (κ1) is 15.0. The highest BCUT2D eigenvalue weighted by atomic mass is 16.3. The molecule has 2 aromatic heterocycles. The van der Waals surface area contributed by atoms with Gasteiger partial charge in [-0.2, -0.15) is 5.10 Å². The van der Waals surface area contributed by atoms with E-state index in [9.17, 15) is 9.90 Å². The minimum Gasteiger partial charge on any atom is -0.506 e. The molecule has 0 aliphatic heterocycles. The van der Waals surface area contributed by atoms with Crippen LogP contribution in [0.15, 0.2) is 36.7 Å². The van der Waals surface area contributed by atoms with Gasteiger partial charge in [0.1, 0.15) is 5.75 Å². The predicted octanol–water partition coefficient (Wildman–Crippen LogP) is 3.28. The molecule has 1 aromatic carbocycles. The molecule has 0 aliphatic carbocycles. The number of benzene rings is 1. The van der Waals surface area contributed by atoms with Crippen molar-refractivity contribution in [3.8, 4) is 5.75 Å². The van der Waals surface area contributed by atoms with Crippen LogP contribution < -0.4 is 5.32 Å². The third-order valence-electron chi connectivity index (χ3n) is 3.59. The molecule has 0 bridgehead atoms. The topological polar surface area (TPSA) is 80.0 Å². The molecule has 0 spiro atoms. The molecule has 0 saturated heterocycles. The number of aromatic hydroxyl groups is 1. The van der Waals surface area contributed by atoms with Crippen LogP contribution in [0.3, 0.4) is 0 Å². The van der Waals surface area contributed by atoms with Crippen LogP contribution in [0, 0.1) is 6.92 Å². The molecule has 0 radical (unpaired) electrons. The number of rotatable bonds is 3. The number of anilines is 1. The van der Waals surface area contributed by atoms with Crippen LogP contribution in [-0.4, -0.2) is 25.8 Å². The Bertz CT molecular complexity index is 883. The second-order valence-corrected chi connectivity index (χ2v) is 5.79. The van der Waals surface area contributed by atoms with E-state index in [4.69, 9.17) is 0 Å². The lowest BCUT2D eigenvalue weighted by atomic mass is 10.2. The van der Waals surface area contributed by atoms with Crippen LogP contribution in [0.25, 0.3) is 11.0 Å². The Labute approximate surface area is 133 Å². The lowest BCUT2D eigenvalue weighted by molar-refractivity contribution is 0.102. The molecule has 3 rings (SSSR count). The summed E-state index contributed by atoms with van der Waals surface area (Å²) >= 11 is 0. The summed E-state index contributed by atoms with van der Waals surface area (Å²) in [5.41, 5.74) is 2.46. The number of aromatic nitrogens is 3. The maximum atomic E-state index is 12.3. The van der Waals surface area contributed by atoms with Gasteiger partial charge in [0.2, 0.25) is 0 Å². The number of carbonyl (C=O) groups excluding carboxylic acids is 1. The number of hydrogen-bond acceptors (Lipinski definition) is 4. The van der Waals surface area contributed by atoms with Crippen molar-refractivity contribution in [3.63, 3.8) is 0 Å². The van der Waals surface area contributed by atoms with E-state index in [1.54, 1.807) is 24.4 Å². The zero-order valence-corrected chi connectivity index (χ0v) is 13.2. The van der Waals surface area contributed by atoms with Gasteiger partial charge in [0.25, 0.3) is 5.91 Å². The fourth-order valence-corrected chi connectivity index (χ4v) is 2.38. The second kappa shape index (κ2) is 5.72. The number of pyridine rings is 1. The fraction of sp³-hybridized carbons (Fsp3) is 0.235. The molecule has 0 fully saturated rings. The van der Waals surface area contributed by atoms with Crippen LogP contribution in [0.2, 0.25) is 0 Å². The van der Waals surface area contributed by atoms with Gasteiger partial charge in [-0.15, -0.1) is 0 Å². The third kappa shape index (κ3) is 2.88. The largest absolute Gasteiger partial charge is 0.506 e. The smallest absolute Gasteiger partial charge is 0.257 e. The van der Waals surface area contributed by atoms with Gasteiger partial charge in [0, 0.05) is 17.6 Å². The molecular weight excluding hydrogens is 292 g/mol. The normalized spacial score (nSPS) is 11.1. The number of nitrogens with one attached hydrogen (secondary N) is 1. The zero-order valence-electron chi connectivity index (χ0n) is 13.2. The van der Waals surface area contributed by atoms with Crippen LogP contribution in [0.1, 0.15) is 35.8 Å². The van der Waals surface area contributed by atoms with E-state index in [1.165, 1.54) is 6.20 Å². The van der Waals surface area contributed by atoms with E-state index in [0.717, 1.165) is 16.6 Å². The number of fused-ring (bicyclic) bond motifs is 1. The Morgan fingerprint density at radius 3 is 2.74 bits per heavy atom. The molecule has 2 N–H and O–H groups in total. The summed E-state index contributed by atoms with van der Waals surface area (Å²) in [6, 6.07) is 7.04. The van der Waals surface area contributed by atoms with Crippen molar-refractivity contribution in [2.45, 2.75) is 26.8 Å². The molecule has 2 heterocycles. The van der Waals surface area contributed by atoms with E-state index < -0.39 is 0 Å². The first-order valence-electron chi connectivity index (χ1n) is 7.40. The van der Waals surface area contributed by atoms with Gasteiger partial charge in [0.05, 0.1) is 17.4 Å². The highest BCUT2D eigenvalue weighted by Crippen LogP contribution is 2.25. The molecule has 0 aliphatic rings. The third-order valence-corrected chi connectivity index (χ3v) is 3.59. The van der Waals surface area contributed by atoms with Gasteiger partial charge in [-0.3, -0.25) is 4.79 Å². The van der Waals surface area contributed by atoms with E-state index in [0.29, 0.717) is 11.3 Å². The summed E-state index contributed by atoms with van der Waals surface area (Å²) in [6.45, 7) is 5.92. The van der Waals surface area contributed by atoms with Crippen LogP contribution in [0.4, 0.5) is 5.69 Å². The minimum atomic E-state index is -0.323. The van der Waals surface area contributed by atoms with Crippen molar-refractivity contribution in [2.75, 3.05) is 5.32 Å². The van der Waals surface area contributed by atoms with Crippen LogP contribution >= 0.6 is 0 Å². The molecule has 0 saturated carbocycles. The standard InChI is InChI=1S/C17H18N4O2/c1-10(2)21-16-12(9-19-21)7-13(8-18-16)17(23)20-14-5-4-11(3)6-15(14)22/h4-10,22H,1-3H3,(H,20,23). The molecule has 23 heavy (non-hydrogen) atoms. The van der Waals surface area contributed by atoms with Gasteiger partial charge < -0.3 is 10.4 Å². The quantitative estimate of drug-likeness (QED) is 0.728. The SMILES string of the molecule is Cc1ccc(NC(=O)c2cnc3c(cnn3C(C)C)c2)c(O)c1. The van der Waals surface area contributed by atoms with E-state index in [2.05, 4.69) is 15.4 Å². The van der Waals surface area contributed by atoms with E-state index in [-0.39, 0.29) is 17.7 Å². The monoisotopic (exact) mass is 310 g/mol. The van der Waals surface area contributed by atoms with Crippen molar-refractivity contribution in [3.05, 3.63) is 47.8 Å². The Hall–Kier alpha value is -2.89. The van der Waals surface area contributed by atoms with Gasteiger partial charge in [-0.25, -0.2) is 9.67 Å². The maximum absolute atomic E-state index is 12.3. The summed E-state index contributed by atoms with van der Waals surface area (Å²) in [4.78, 5) is 16.7. The minimum absolute atomic E-state index is 0.0417. The molecule has 0 unspecified atom stereocenters. The Balaban J connectivity index is 1.89. The number of aryl methyl sites for hydroxylation is 1. The Morgan fingerprint density at radius 1 is 1.26 bits per heavy atom. The lowest BCUT2D eigenvalue weighted by Gasteiger charge is -2.09.